The molecule has 1 unspecified atom stereocenters. The largest absolute Gasteiger partial charge is 0.496 e. The van der Waals surface area contributed by atoms with Gasteiger partial charge in [0.15, 0.2) is 0 Å². The Kier molecular flexibility index (Phi) is 6.88. The van der Waals surface area contributed by atoms with E-state index < -0.39 is 0 Å². The van der Waals surface area contributed by atoms with Crippen LogP contribution < -0.4 is 15.0 Å². The molecular formula is C29H34N4O2. The van der Waals surface area contributed by atoms with E-state index in [1.165, 1.54) is 5.56 Å². The number of amides is 1. The van der Waals surface area contributed by atoms with Crippen molar-refractivity contribution in [2.24, 2.45) is 0 Å². The Morgan fingerprint density at radius 2 is 2.11 bits per heavy atom. The number of para-hydroxylation sites is 1. The molecule has 0 saturated heterocycles. The lowest BCUT2D eigenvalue weighted by Gasteiger charge is -2.47. The molecule has 0 spiro atoms. The number of rotatable bonds is 7. The van der Waals surface area contributed by atoms with E-state index in [1.54, 1.807) is 13.2 Å². The Morgan fingerprint density at radius 3 is 2.83 bits per heavy atom. The Morgan fingerprint density at radius 1 is 1.34 bits per heavy atom. The van der Waals surface area contributed by atoms with Crippen LogP contribution in [0.3, 0.4) is 0 Å². The summed E-state index contributed by atoms with van der Waals surface area (Å²) in [6.45, 7) is 10.3. The maximum atomic E-state index is 12.8. The first-order valence-corrected chi connectivity index (χ1v) is 12.2. The molecule has 4 rings (SSSR count). The molecule has 3 aromatic rings. The number of aromatic nitrogens is 1. The standard InChI is InChI=1S/C29H34N4O2/c1-6-33-26-15-27(35-5)21(14-24(26)19(2)16-29(33,3)4)13-22(17-30)28(34)31-12-11-20-18-32-25-10-8-7-9-23(20)25/h7-10,13-15,18-19,32H,6,11-12,16H2,1-5H3,(H,31,34)/b22-13+. The Balaban J connectivity index is 1.55. The molecule has 6 nitrogen and oxygen atoms in total. The minimum Gasteiger partial charge on any atom is -0.496 e. The number of nitrogens with zero attached hydrogens (tertiary/aromatic N) is 2. The second-order valence-corrected chi connectivity index (χ2v) is 9.85. The molecule has 6 heteroatoms. The van der Waals surface area contributed by atoms with Crippen LogP contribution in [0.1, 0.15) is 56.7 Å². The fraction of sp³-hybridized carbons (Fsp3) is 0.379. The summed E-state index contributed by atoms with van der Waals surface area (Å²) in [5, 5.41) is 13.8. The van der Waals surface area contributed by atoms with E-state index in [0.29, 0.717) is 24.6 Å². The van der Waals surface area contributed by atoms with Crippen LogP contribution in [0.25, 0.3) is 17.0 Å². The topological polar surface area (TPSA) is 81.2 Å². The average Bonchev–Trinajstić information content (AvgIpc) is 3.25. The van der Waals surface area contributed by atoms with Crippen molar-refractivity contribution in [1.29, 1.82) is 5.26 Å². The summed E-state index contributed by atoms with van der Waals surface area (Å²) in [6, 6.07) is 14.3. The number of methoxy groups -OCH3 is 1. The summed E-state index contributed by atoms with van der Waals surface area (Å²) in [5.41, 5.74) is 5.45. The molecule has 0 fully saturated rings. The number of nitrogens with one attached hydrogen (secondary N) is 2. The molecule has 1 aliphatic heterocycles. The van der Waals surface area contributed by atoms with Crippen LogP contribution in [0.4, 0.5) is 5.69 Å². The maximum absolute atomic E-state index is 12.8. The highest BCUT2D eigenvalue weighted by atomic mass is 16.5. The number of carbonyl (C=O) groups excluding carboxylic acids is 1. The van der Waals surface area contributed by atoms with Gasteiger partial charge in [-0.2, -0.15) is 5.26 Å². The highest BCUT2D eigenvalue weighted by Crippen LogP contribution is 2.45. The van der Waals surface area contributed by atoms with Crippen LogP contribution in [0.2, 0.25) is 0 Å². The molecule has 0 radical (unpaired) electrons. The van der Waals surface area contributed by atoms with E-state index >= 15 is 0 Å². The summed E-state index contributed by atoms with van der Waals surface area (Å²) in [4.78, 5) is 18.5. The Hall–Kier alpha value is -3.72. The second kappa shape index (κ2) is 9.87. The van der Waals surface area contributed by atoms with Crippen LogP contribution >= 0.6 is 0 Å². The number of carbonyl (C=O) groups is 1. The van der Waals surface area contributed by atoms with Crippen molar-refractivity contribution < 1.29 is 9.53 Å². The van der Waals surface area contributed by atoms with Gasteiger partial charge in [0, 0.05) is 53.0 Å². The van der Waals surface area contributed by atoms with E-state index in [2.05, 4.69) is 61.1 Å². The van der Waals surface area contributed by atoms with Gasteiger partial charge in [-0.1, -0.05) is 25.1 Å². The van der Waals surface area contributed by atoms with Crippen molar-refractivity contribution in [1.82, 2.24) is 10.3 Å². The van der Waals surface area contributed by atoms with Gasteiger partial charge in [-0.15, -0.1) is 0 Å². The normalized spacial score (nSPS) is 17.1. The first-order valence-electron chi connectivity index (χ1n) is 12.2. The van der Waals surface area contributed by atoms with Crippen molar-refractivity contribution in [3.63, 3.8) is 0 Å². The first-order chi connectivity index (χ1) is 16.8. The lowest BCUT2D eigenvalue weighted by atomic mass is 9.79. The fourth-order valence-electron chi connectivity index (χ4n) is 5.46. The third-order valence-electron chi connectivity index (χ3n) is 7.07. The summed E-state index contributed by atoms with van der Waals surface area (Å²) in [5.74, 6) is 0.638. The predicted molar refractivity (Wildman–Crippen MR) is 142 cm³/mol. The second-order valence-electron chi connectivity index (χ2n) is 9.85. The third kappa shape index (κ3) is 4.77. The molecule has 182 valence electrons. The molecule has 2 aromatic carbocycles. The third-order valence-corrected chi connectivity index (χ3v) is 7.07. The van der Waals surface area contributed by atoms with Crippen LogP contribution in [0.15, 0.2) is 48.2 Å². The zero-order valence-corrected chi connectivity index (χ0v) is 21.2. The van der Waals surface area contributed by atoms with Crippen LogP contribution in [-0.2, 0) is 11.2 Å². The SMILES string of the molecule is CCN1c2cc(OC)c(/C=C(\C#N)C(=O)NCCc3c[nH]c4ccccc34)cc2C(C)CC1(C)C. The van der Waals surface area contributed by atoms with Crippen molar-refractivity contribution >= 4 is 28.6 Å². The summed E-state index contributed by atoms with van der Waals surface area (Å²) >= 11 is 0. The number of hydrogen-bond donors (Lipinski definition) is 2. The van der Waals surface area contributed by atoms with Gasteiger partial charge < -0.3 is 19.9 Å². The number of ether oxygens (including phenoxy) is 1. The molecule has 0 bridgehead atoms. The molecule has 0 aliphatic carbocycles. The minimum atomic E-state index is -0.378. The van der Waals surface area contributed by atoms with Crippen molar-refractivity contribution in [2.45, 2.75) is 52.0 Å². The lowest BCUT2D eigenvalue weighted by Crippen LogP contribution is -2.48. The number of hydrogen-bond acceptors (Lipinski definition) is 4. The Bertz CT molecular complexity index is 1310. The van der Waals surface area contributed by atoms with Gasteiger partial charge in [0.2, 0.25) is 0 Å². The highest BCUT2D eigenvalue weighted by molar-refractivity contribution is 6.02. The molecule has 2 N–H and O–H groups in total. The molecule has 2 heterocycles. The minimum absolute atomic E-state index is 0.0476. The number of benzene rings is 2. The number of anilines is 1. The van der Waals surface area contributed by atoms with Gasteiger partial charge in [0.1, 0.15) is 17.4 Å². The zero-order valence-electron chi connectivity index (χ0n) is 21.2. The van der Waals surface area contributed by atoms with E-state index in [4.69, 9.17) is 4.74 Å². The van der Waals surface area contributed by atoms with Crippen LogP contribution in [0.5, 0.6) is 5.75 Å². The molecule has 1 aromatic heterocycles. The van der Waals surface area contributed by atoms with Crippen molar-refractivity contribution in [3.05, 3.63) is 64.9 Å². The van der Waals surface area contributed by atoms with Crippen molar-refractivity contribution in [2.75, 3.05) is 25.1 Å². The number of fused-ring (bicyclic) bond motifs is 2. The fourth-order valence-corrected chi connectivity index (χ4v) is 5.46. The van der Waals surface area contributed by atoms with E-state index in [1.807, 2.05) is 30.5 Å². The van der Waals surface area contributed by atoms with Gasteiger partial charge in [0.25, 0.3) is 5.91 Å². The van der Waals surface area contributed by atoms with E-state index in [0.717, 1.165) is 40.7 Å². The van der Waals surface area contributed by atoms with E-state index in [-0.39, 0.29) is 17.0 Å². The molecule has 1 aliphatic rings. The van der Waals surface area contributed by atoms with E-state index in [9.17, 15) is 10.1 Å². The quantitative estimate of drug-likeness (QED) is 0.350. The van der Waals surface area contributed by atoms with Gasteiger partial charge >= 0.3 is 0 Å². The average molecular weight is 471 g/mol. The van der Waals surface area contributed by atoms with Crippen LogP contribution in [-0.4, -0.2) is 36.6 Å². The zero-order chi connectivity index (χ0) is 25.2. The number of nitriles is 1. The number of H-pyrrole nitrogens is 1. The summed E-state index contributed by atoms with van der Waals surface area (Å²) in [7, 11) is 1.63. The van der Waals surface area contributed by atoms with Gasteiger partial charge in [-0.05, 0) is 68.9 Å². The van der Waals surface area contributed by atoms with Crippen LogP contribution in [0, 0.1) is 11.3 Å². The van der Waals surface area contributed by atoms with Crippen molar-refractivity contribution in [3.8, 4) is 11.8 Å². The lowest BCUT2D eigenvalue weighted by molar-refractivity contribution is -0.117. The van der Waals surface area contributed by atoms with Gasteiger partial charge in [-0.3, -0.25) is 4.79 Å². The maximum Gasteiger partial charge on any atom is 0.261 e. The molecular weight excluding hydrogens is 436 g/mol. The first kappa shape index (κ1) is 24.4. The van der Waals surface area contributed by atoms with Gasteiger partial charge in [0.05, 0.1) is 7.11 Å². The molecule has 1 amide bonds. The smallest absolute Gasteiger partial charge is 0.261 e. The summed E-state index contributed by atoms with van der Waals surface area (Å²) < 4.78 is 5.69. The predicted octanol–water partition coefficient (Wildman–Crippen LogP) is 5.55. The molecule has 1 atom stereocenters. The van der Waals surface area contributed by atoms with Gasteiger partial charge in [-0.25, -0.2) is 0 Å². The molecule has 0 saturated carbocycles. The molecule has 35 heavy (non-hydrogen) atoms. The highest BCUT2D eigenvalue weighted by Gasteiger charge is 2.36. The Labute approximate surface area is 207 Å². The monoisotopic (exact) mass is 470 g/mol. The summed E-state index contributed by atoms with van der Waals surface area (Å²) in [6.07, 6.45) is 5.32. The number of aromatic amines is 1.